The van der Waals surface area contributed by atoms with Crippen molar-refractivity contribution in [2.75, 3.05) is 13.1 Å². The fourth-order valence-corrected chi connectivity index (χ4v) is 3.40. The van der Waals surface area contributed by atoms with Crippen molar-refractivity contribution >= 4 is 16.7 Å². The molecule has 0 spiro atoms. The number of carbonyl (C=O) groups excluding carboxylic acids is 1. The van der Waals surface area contributed by atoms with Gasteiger partial charge in [-0.25, -0.2) is 0 Å². The summed E-state index contributed by atoms with van der Waals surface area (Å²) in [4.78, 5) is 28.2. The Labute approximate surface area is 158 Å². The molecule has 5 nitrogen and oxygen atoms in total. The minimum atomic E-state index is -0.211. The lowest BCUT2D eigenvalue weighted by molar-refractivity contribution is 0.0742. The Balaban J connectivity index is 1.87. The summed E-state index contributed by atoms with van der Waals surface area (Å²) in [6.45, 7) is 3.55. The molecule has 0 unspecified atom stereocenters. The fourth-order valence-electron chi connectivity index (χ4n) is 3.40. The minimum Gasteiger partial charge on any atom is -0.337 e. The highest BCUT2D eigenvalue weighted by Crippen LogP contribution is 2.30. The van der Waals surface area contributed by atoms with E-state index >= 15 is 0 Å². The van der Waals surface area contributed by atoms with Crippen LogP contribution in [0.1, 0.15) is 36.7 Å². The van der Waals surface area contributed by atoms with Crippen LogP contribution in [0.5, 0.6) is 0 Å². The Hall–Kier alpha value is -2.95. The Morgan fingerprint density at radius 1 is 1.07 bits per heavy atom. The van der Waals surface area contributed by atoms with Gasteiger partial charge in [0.05, 0.1) is 11.1 Å². The molecule has 0 bridgehead atoms. The molecule has 138 valence electrons. The molecule has 2 aromatic carbocycles. The lowest BCUT2D eigenvalue weighted by Crippen LogP contribution is -2.36. The normalized spacial score (nSPS) is 13.7. The number of benzene rings is 2. The summed E-state index contributed by atoms with van der Waals surface area (Å²) < 4.78 is 1.34. The molecule has 1 fully saturated rings. The first kappa shape index (κ1) is 17.5. The second-order valence-electron chi connectivity index (χ2n) is 7.14. The average Bonchev–Trinajstić information content (AvgIpc) is 3.52. The van der Waals surface area contributed by atoms with Crippen LogP contribution in [0.4, 0.5) is 0 Å². The predicted molar refractivity (Wildman–Crippen MR) is 106 cm³/mol. The maximum Gasteiger partial charge on any atom is 0.279 e. The van der Waals surface area contributed by atoms with E-state index in [2.05, 4.69) is 12.0 Å². The Bertz CT molecular complexity index is 1020. The first-order valence-electron chi connectivity index (χ1n) is 9.56. The number of fused-ring (bicyclic) bond motifs is 1. The zero-order chi connectivity index (χ0) is 18.8. The van der Waals surface area contributed by atoms with Crippen LogP contribution >= 0.6 is 0 Å². The van der Waals surface area contributed by atoms with E-state index in [9.17, 15) is 9.59 Å². The van der Waals surface area contributed by atoms with E-state index in [0.717, 1.165) is 13.0 Å². The first-order chi connectivity index (χ1) is 13.2. The van der Waals surface area contributed by atoms with Crippen molar-refractivity contribution in [2.24, 2.45) is 5.92 Å². The number of hydrogen-bond donors (Lipinski definition) is 0. The van der Waals surface area contributed by atoms with Crippen LogP contribution in [-0.2, 0) is 0 Å². The third-order valence-corrected chi connectivity index (χ3v) is 4.96. The molecule has 1 aromatic heterocycles. The topological polar surface area (TPSA) is 55.2 Å². The van der Waals surface area contributed by atoms with E-state index in [1.165, 1.54) is 17.5 Å². The summed E-state index contributed by atoms with van der Waals surface area (Å²) in [6, 6.07) is 16.5. The molecule has 0 saturated heterocycles. The SMILES string of the molecule is CCCN(CC1CC1)C(=O)c1nn(-c2ccccc2)c(=O)c2ccccc12. The van der Waals surface area contributed by atoms with Gasteiger partial charge < -0.3 is 4.90 Å². The van der Waals surface area contributed by atoms with Crippen molar-refractivity contribution in [3.8, 4) is 5.69 Å². The van der Waals surface area contributed by atoms with Crippen LogP contribution in [0, 0.1) is 5.92 Å². The Morgan fingerprint density at radius 2 is 1.74 bits per heavy atom. The van der Waals surface area contributed by atoms with Gasteiger partial charge in [0.1, 0.15) is 0 Å². The average molecular weight is 361 g/mol. The molecular formula is C22H23N3O2. The van der Waals surface area contributed by atoms with Gasteiger partial charge in [-0.3, -0.25) is 9.59 Å². The molecule has 1 amide bonds. The zero-order valence-corrected chi connectivity index (χ0v) is 15.5. The summed E-state index contributed by atoms with van der Waals surface area (Å²) >= 11 is 0. The fraction of sp³-hybridized carbons (Fsp3) is 0.318. The molecular weight excluding hydrogens is 338 g/mol. The number of carbonyl (C=O) groups is 1. The van der Waals surface area contributed by atoms with Gasteiger partial charge in [0.25, 0.3) is 11.5 Å². The van der Waals surface area contributed by atoms with Crippen LogP contribution in [0.25, 0.3) is 16.5 Å². The monoisotopic (exact) mass is 361 g/mol. The molecule has 1 saturated carbocycles. The van der Waals surface area contributed by atoms with Crippen LogP contribution in [-0.4, -0.2) is 33.7 Å². The van der Waals surface area contributed by atoms with Gasteiger partial charge in [0, 0.05) is 18.5 Å². The molecule has 0 N–H and O–H groups in total. The third-order valence-electron chi connectivity index (χ3n) is 4.96. The zero-order valence-electron chi connectivity index (χ0n) is 15.5. The first-order valence-corrected chi connectivity index (χ1v) is 9.56. The van der Waals surface area contributed by atoms with Gasteiger partial charge in [-0.15, -0.1) is 0 Å². The second kappa shape index (κ2) is 7.35. The number of amides is 1. The van der Waals surface area contributed by atoms with Crippen molar-refractivity contribution in [3.05, 3.63) is 70.6 Å². The summed E-state index contributed by atoms with van der Waals surface area (Å²) in [5.41, 5.74) is 0.798. The quantitative estimate of drug-likeness (QED) is 0.673. The number of nitrogens with zero attached hydrogens (tertiary/aromatic N) is 3. The molecule has 0 radical (unpaired) electrons. The minimum absolute atomic E-state index is 0.0929. The van der Waals surface area contributed by atoms with Crippen LogP contribution in [0.15, 0.2) is 59.4 Å². The van der Waals surface area contributed by atoms with E-state index in [4.69, 9.17) is 0 Å². The smallest absolute Gasteiger partial charge is 0.279 e. The third kappa shape index (κ3) is 3.50. The highest BCUT2D eigenvalue weighted by molar-refractivity contribution is 6.04. The van der Waals surface area contributed by atoms with Crippen LogP contribution < -0.4 is 5.56 Å². The number of rotatable bonds is 6. The summed E-state index contributed by atoms with van der Waals surface area (Å²) in [6.07, 6.45) is 3.27. The number of para-hydroxylation sites is 1. The highest BCUT2D eigenvalue weighted by atomic mass is 16.2. The maximum absolute atomic E-state index is 13.4. The standard InChI is InChI=1S/C22H23N3O2/c1-2-14-24(15-16-12-13-16)22(27)20-18-10-6-7-11-19(18)21(26)25(23-20)17-8-4-3-5-9-17/h3-11,16H,2,12-15H2,1H3. The second-order valence-corrected chi connectivity index (χ2v) is 7.14. The van der Waals surface area contributed by atoms with Gasteiger partial charge >= 0.3 is 0 Å². The largest absolute Gasteiger partial charge is 0.337 e. The summed E-state index contributed by atoms with van der Waals surface area (Å²) in [5, 5.41) is 5.65. The van der Waals surface area contributed by atoms with Crippen molar-refractivity contribution in [2.45, 2.75) is 26.2 Å². The molecule has 1 aliphatic carbocycles. The lowest BCUT2D eigenvalue weighted by atomic mass is 10.1. The molecule has 0 atom stereocenters. The van der Waals surface area contributed by atoms with Crippen molar-refractivity contribution < 1.29 is 4.79 Å². The van der Waals surface area contributed by atoms with Crippen LogP contribution in [0.3, 0.4) is 0 Å². The highest BCUT2D eigenvalue weighted by Gasteiger charge is 2.29. The van der Waals surface area contributed by atoms with E-state index in [0.29, 0.717) is 34.6 Å². The Morgan fingerprint density at radius 3 is 2.41 bits per heavy atom. The van der Waals surface area contributed by atoms with E-state index < -0.39 is 0 Å². The van der Waals surface area contributed by atoms with Crippen molar-refractivity contribution in [1.82, 2.24) is 14.7 Å². The maximum atomic E-state index is 13.4. The molecule has 3 aromatic rings. The van der Waals surface area contributed by atoms with Gasteiger partial charge in [-0.05, 0) is 43.4 Å². The van der Waals surface area contributed by atoms with Crippen LogP contribution in [0.2, 0.25) is 0 Å². The van der Waals surface area contributed by atoms with Gasteiger partial charge in [-0.1, -0.05) is 43.3 Å². The molecule has 1 heterocycles. The van der Waals surface area contributed by atoms with Gasteiger partial charge in [-0.2, -0.15) is 9.78 Å². The lowest BCUT2D eigenvalue weighted by Gasteiger charge is -2.22. The molecule has 4 rings (SSSR count). The van der Waals surface area contributed by atoms with E-state index in [-0.39, 0.29) is 11.5 Å². The Kier molecular flexibility index (Phi) is 4.75. The predicted octanol–water partition coefficient (Wildman–Crippen LogP) is 3.65. The number of hydrogen-bond acceptors (Lipinski definition) is 3. The van der Waals surface area contributed by atoms with E-state index in [1.807, 2.05) is 53.4 Å². The van der Waals surface area contributed by atoms with Crippen molar-refractivity contribution in [3.63, 3.8) is 0 Å². The molecule has 27 heavy (non-hydrogen) atoms. The molecule has 5 heteroatoms. The van der Waals surface area contributed by atoms with E-state index in [1.54, 1.807) is 6.07 Å². The van der Waals surface area contributed by atoms with Gasteiger partial charge in [0.15, 0.2) is 5.69 Å². The summed E-state index contributed by atoms with van der Waals surface area (Å²) in [7, 11) is 0. The molecule has 0 aliphatic heterocycles. The molecule has 1 aliphatic rings. The number of aromatic nitrogens is 2. The summed E-state index contributed by atoms with van der Waals surface area (Å²) in [5.74, 6) is 0.511. The van der Waals surface area contributed by atoms with Gasteiger partial charge in [0.2, 0.25) is 0 Å². The van der Waals surface area contributed by atoms with Crippen molar-refractivity contribution in [1.29, 1.82) is 0 Å².